The minimum absolute atomic E-state index is 0.403. The van der Waals surface area contributed by atoms with Gasteiger partial charge in [0.1, 0.15) is 12.1 Å². The average Bonchev–Trinajstić information content (AvgIpc) is 3.28. The number of aryl methyl sites for hydroxylation is 3. The quantitative estimate of drug-likeness (QED) is 0.244. The van der Waals surface area contributed by atoms with Gasteiger partial charge in [0.15, 0.2) is 0 Å². The van der Waals surface area contributed by atoms with E-state index in [2.05, 4.69) is 103 Å². The average molecular weight is 490 g/mol. The van der Waals surface area contributed by atoms with Crippen molar-refractivity contribution in [3.05, 3.63) is 137 Å². The molecule has 0 saturated heterocycles. The van der Waals surface area contributed by atoms with Gasteiger partial charge in [-0.3, -0.25) is 0 Å². The van der Waals surface area contributed by atoms with E-state index in [4.69, 9.17) is 0 Å². The molecular weight excluding hydrogens is 462 g/mol. The Balaban J connectivity index is 0.000000179. The van der Waals surface area contributed by atoms with Gasteiger partial charge in [0, 0.05) is 10.8 Å². The van der Waals surface area contributed by atoms with Crippen molar-refractivity contribution in [3.63, 3.8) is 0 Å². The molecule has 0 saturated carbocycles. The molecule has 0 radical (unpaired) electrons. The Hall–Kier alpha value is -5.12. The van der Waals surface area contributed by atoms with E-state index in [1.807, 2.05) is 37.3 Å². The molecule has 6 rings (SSSR count). The van der Waals surface area contributed by atoms with Crippen LogP contribution in [0.3, 0.4) is 0 Å². The molecule has 6 aromatic rings. The van der Waals surface area contributed by atoms with Crippen molar-refractivity contribution in [2.24, 2.45) is 0 Å². The fraction of sp³-hybridized carbons (Fsp3) is 0.0857. The molecule has 0 aliphatic carbocycles. The first-order chi connectivity index (χ1) is 18.5. The fourth-order valence-corrected chi connectivity index (χ4v) is 5.05. The molecule has 3 nitrogen and oxygen atoms in total. The SMILES string of the molecule is Cc1cc(C#N)c(C#N)cc1-n1c2ccccc2c2ccccc21.Cc1ccccc1-c1ccccc1C. The van der Waals surface area contributed by atoms with Crippen molar-refractivity contribution in [1.29, 1.82) is 10.5 Å². The number of aromatic nitrogens is 1. The highest BCUT2D eigenvalue weighted by atomic mass is 15.0. The normalized spacial score (nSPS) is 10.4. The molecule has 0 bridgehead atoms. The highest BCUT2D eigenvalue weighted by Gasteiger charge is 2.15. The molecule has 3 heteroatoms. The van der Waals surface area contributed by atoms with Crippen LogP contribution in [0.2, 0.25) is 0 Å². The second kappa shape index (κ2) is 10.5. The van der Waals surface area contributed by atoms with E-state index in [9.17, 15) is 10.5 Å². The molecule has 182 valence electrons. The molecule has 0 unspecified atom stereocenters. The van der Waals surface area contributed by atoms with E-state index in [0.29, 0.717) is 11.1 Å². The zero-order valence-electron chi connectivity index (χ0n) is 21.7. The Morgan fingerprint density at radius 1 is 0.500 bits per heavy atom. The molecule has 1 aromatic heterocycles. The summed E-state index contributed by atoms with van der Waals surface area (Å²) in [5.74, 6) is 0. The second-order valence-electron chi connectivity index (χ2n) is 9.41. The highest BCUT2D eigenvalue weighted by molar-refractivity contribution is 6.09. The lowest BCUT2D eigenvalue weighted by Gasteiger charge is -2.12. The summed E-state index contributed by atoms with van der Waals surface area (Å²) in [5.41, 5.74) is 10.3. The lowest BCUT2D eigenvalue weighted by atomic mass is 9.97. The summed E-state index contributed by atoms with van der Waals surface area (Å²) in [6.45, 7) is 6.28. The molecule has 0 fully saturated rings. The Kier molecular flexibility index (Phi) is 6.77. The summed E-state index contributed by atoms with van der Waals surface area (Å²) in [5, 5.41) is 21.0. The number of para-hydroxylation sites is 2. The molecule has 0 amide bonds. The van der Waals surface area contributed by atoms with Crippen molar-refractivity contribution in [2.75, 3.05) is 0 Å². The van der Waals surface area contributed by atoms with Crippen molar-refractivity contribution < 1.29 is 0 Å². The van der Waals surface area contributed by atoms with E-state index in [0.717, 1.165) is 22.3 Å². The maximum absolute atomic E-state index is 9.38. The van der Waals surface area contributed by atoms with Gasteiger partial charge in [-0.1, -0.05) is 84.9 Å². The van der Waals surface area contributed by atoms with E-state index in [1.54, 1.807) is 6.07 Å². The van der Waals surface area contributed by atoms with E-state index in [-0.39, 0.29) is 0 Å². The topological polar surface area (TPSA) is 52.5 Å². The molecule has 0 spiro atoms. The van der Waals surface area contributed by atoms with E-state index < -0.39 is 0 Å². The summed E-state index contributed by atoms with van der Waals surface area (Å²) in [4.78, 5) is 0. The van der Waals surface area contributed by atoms with Crippen molar-refractivity contribution in [3.8, 4) is 29.0 Å². The number of fused-ring (bicyclic) bond motifs is 3. The number of hydrogen-bond acceptors (Lipinski definition) is 2. The number of nitriles is 2. The zero-order valence-corrected chi connectivity index (χ0v) is 21.7. The number of benzene rings is 5. The monoisotopic (exact) mass is 489 g/mol. The van der Waals surface area contributed by atoms with Gasteiger partial charge in [-0.25, -0.2) is 0 Å². The number of rotatable bonds is 2. The third-order valence-electron chi connectivity index (χ3n) is 6.98. The third kappa shape index (κ3) is 4.43. The maximum Gasteiger partial charge on any atom is 0.101 e. The van der Waals surface area contributed by atoms with Crippen LogP contribution in [0.25, 0.3) is 38.6 Å². The van der Waals surface area contributed by atoms with E-state index >= 15 is 0 Å². The van der Waals surface area contributed by atoms with Crippen LogP contribution in [0.4, 0.5) is 0 Å². The minimum Gasteiger partial charge on any atom is -0.309 e. The largest absolute Gasteiger partial charge is 0.309 e. The lowest BCUT2D eigenvalue weighted by molar-refractivity contribution is 1.14. The van der Waals surface area contributed by atoms with Gasteiger partial charge >= 0.3 is 0 Å². The molecule has 0 atom stereocenters. The summed E-state index contributed by atoms with van der Waals surface area (Å²) in [7, 11) is 0. The highest BCUT2D eigenvalue weighted by Crippen LogP contribution is 2.33. The van der Waals surface area contributed by atoms with Gasteiger partial charge in [0.2, 0.25) is 0 Å². The molecule has 0 aliphatic rings. The van der Waals surface area contributed by atoms with Gasteiger partial charge < -0.3 is 4.57 Å². The van der Waals surface area contributed by atoms with Gasteiger partial charge in [-0.15, -0.1) is 0 Å². The predicted molar refractivity (Wildman–Crippen MR) is 156 cm³/mol. The summed E-state index contributed by atoms with van der Waals surface area (Å²) in [6.07, 6.45) is 0. The van der Waals surface area contributed by atoms with Gasteiger partial charge in [0.05, 0.1) is 27.8 Å². The Morgan fingerprint density at radius 3 is 1.39 bits per heavy atom. The van der Waals surface area contributed by atoms with Crippen LogP contribution < -0.4 is 0 Å². The van der Waals surface area contributed by atoms with Gasteiger partial charge in [0.25, 0.3) is 0 Å². The van der Waals surface area contributed by atoms with Crippen molar-refractivity contribution in [1.82, 2.24) is 4.57 Å². The summed E-state index contributed by atoms with van der Waals surface area (Å²) in [6, 6.07) is 41.3. The van der Waals surface area contributed by atoms with E-state index in [1.165, 1.54) is 33.0 Å². The van der Waals surface area contributed by atoms with Crippen LogP contribution >= 0.6 is 0 Å². The standard InChI is InChI=1S/C21H13N3.C14H14/c1-14-10-15(12-22)16(13-23)11-21(14)24-19-8-4-2-6-17(19)18-7-3-5-9-20(18)24;1-11-7-3-5-9-13(11)14-10-6-4-8-12(14)2/h2-11H,1H3;3-10H,1-2H3. The third-order valence-corrected chi connectivity index (χ3v) is 6.98. The maximum atomic E-state index is 9.38. The van der Waals surface area contributed by atoms with Crippen LogP contribution in [-0.2, 0) is 0 Å². The first kappa shape index (κ1) is 24.6. The van der Waals surface area contributed by atoms with Crippen molar-refractivity contribution >= 4 is 21.8 Å². The minimum atomic E-state index is 0.403. The summed E-state index contributed by atoms with van der Waals surface area (Å²) >= 11 is 0. The Labute approximate surface area is 223 Å². The number of nitrogens with zero attached hydrogens (tertiary/aromatic N) is 3. The Morgan fingerprint density at radius 2 is 0.921 bits per heavy atom. The Bertz CT molecular complexity index is 1780. The molecule has 5 aromatic carbocycles. The van der Waals surface area contributed by atoms with Crippen LogP contribution in [0.15, 0.2) is 109 Å². The van der Waals surface area contributed by atoms with Crippen LogP contribution in [0.1, 0.15) is 27.8 Å². The molecule has 0 N–H and O–H groups in total. The zero-order chi connectivity index (χ0) is 26.6. The fourth-order valence-electron chi connectivity index (χ4n) is 5.05. The molecule has 0 aliphatic heterocycles. The van der Waals surface area contributed by atoms with Crippen LogP contribution in [-0.4, -0.2) is 4.57 Å². The molecule has 1 heterocycles. The van der Waals surface area contributed by atoms with Crippen LogP contribution in [0, 0.1) is 43.4 Å². The predicted octanol–water partition coefficient (Wildman–Crippen LogP) is 8.81. The summed E-state index contributed by atoms with van der Waals surface area (Å²) < 4.78 is 2.17. The number of hydrogen-bond donors (Lipinski definition) is 0. The van der Waals surface area contributed by atoms with Gasteiger partial charge in [-0.2, -0.15) is 10.5 Å². The first-order valence-electron chi connectivity index (χ1n) is 12.6. The smallest absolute Gasteiger partial charge is 0.101 e. The van der Waals surface area contributed by atoms with Gasteiger partial charge in [-0.05, 0) is 72.9 Å². The van der Waals surface area contributed by atoms with Crippen molar-refractivity contribution in [2.45, 2.75) is 20.8 Å². The second-order valence-corrected chi connectivity index (χ2v) is 9.41. The first-order valence-corrected chi connectivity index (χ1v) is 12.6. The molecule has 38 heavy (non-hydrogen) atoms. The van der Waals surface area contributed by atoms with Crippen LogP contribution in [0.5, 0.6) is 0 Å². The lowest BCUT2D eigenvalue weighted by Crippen LogP contribution is -1.99. The molecular formula is C35H27N3.